The number of aromatic nitrogens is 3. The van der Waals surface area contributed by atoms with Gasteiger partial charge in [-0.25, -0.2) is 9.37 Å². The second kappa shape index (κ2) is 10.1. The molecule has 0 amide bonds. The molecule has 4 rings (SSSR count). The predicted octanol–water partition coefficient (Wildman–Crippen LogP) is 5.28. The summed E-state index contributed by atoms with van der Waals surface area (Å²) in [4.78, 5) is 14.1. The van der Waals surface area contributed by atoms with E-state index < -0.39 is 17.6 Å². The van der Waals surface area contributed by atoms with E-state index in [1.807, 2.05) is 6.92 Å². The molecule has 2 aromatic heterocycles. The molecule has 0 radical (unpaired) electrons. The third-order valence-corrected chi connectivity index (χ3v) is 5.05. The van der Waals surface area contributed by atoms with Gasteiger partial charge in [-0.15, -0.1) is 5.11 Å². The summed E-state index contributed by atoms with van der Waals surface area (Å²) < 4.78 is 58.2. The average Bonchev–Trinajstić information content (AvgIpc) is 2.81. The topological polar surface area (TPSA) is 87.9 Å². The zero-order chi connectivity index (χ0) is 24.1. The lowest BCUT2D eigenvalue weighted by molar-refractivity contribution is -0.137. The molecule has 1 aromatic carbocycles. The summed E-state index contributed by atoms with van der Waals surface area (Å²) >= 11 is 0. The first kappa shape index (κ1) is 23.5. The van der Waals surface area contributed by atoms with E-state index in [0.29, 0.717) is 36.8 Å². The molecule has 3 heterocycles. The van der Waals surface area contributed by atoms with Gasteiger partial charge in [-0.05, 0) is 37.3 Å². The van der Waals surface area contributed by atoms with Crippen LogP contribution in [0.2, 0.25) is 0 Å². The first-order valence-electron chi connectivity index (χ1n) is 10.4. The predicted molar refractivity (Wildman–Crippen MR) is 117 cm³/mol. The van der Waals surface area contributed by atoms with E-state index in [-0.39, 0.29) is 24.4 Å². The van der Waals surface area contributed by atoms with Crippen LogP contribution in [-0.2, 0) is 17.5 Å². The highest BCUT2D eigenvalue weighted by atomic mass is 19.4. The van der Waals surface area contributed by atoms with Crippen molar-refractivity contribution in [1.29, 1.82) is 0 Å². The lowest BCUT2D eigenvalue weighted by Gasteiger charge is -2.34. The van der Waals surface area contributed by atoms with Gasteiger partial charge in [0.05, 0.1) is 48.6 Å². The molecule has 0 aliphatic carbocycles. The van der Waals surface area contributed by atoms with E-state index in [2.05, 4.69) is 30.5 Å². The van der Waals surface area contributed by atoms with Gasteiger partial charge in [0.2, 0.25) is 0 Å². The highest BCUT2D eigenvalue weighted by Gasteiger charge is 2.30. The summed E-state index contributed by atoms with van der Waals surface area (Å²) in [6.07, 6.45) is -1.87. The van der Waals surface area contributed by atoms with Crippen LogP contribution in [0.5, 0.6) is 0 Å². The van der Waals surface area contributed by atoms with E-state index in [9.17, 15) is 17.6 Å². The Morgan fingerprint density at radius 2 is 2.00 bits per heavy atom. The third-order valence-electron chi connectivity index (χ3n) is 5.05. The van der Waals surface area contributed by atoms with Crippen LogP contribution in [-0.4, -0.2) is 40.8 Å². The van der Waals surface area contributed by atoms with Crippen LogP contribution < -0.4 is 10.2 Å². The van der Waals surface area contributed by atoms with Gasteiger partial charge in [0.1, 0.15) is 6.54 Å². The largest absolute Gasteiger partial charge is 0.416 e. The summed E-state index contributed by atoms with van der Waals surface area (Å²) in [5, 5.41) is 10.9. The number of hydrogen-bond donors (Lipinski definition) is 1. The van der Waals surface area contributed by atoms with Gasteiger partial charge >= 0.3 is 6.18 Å². The Morgan fingerprint density at radius 1 is 1.15 bits per heavy atom. The molecule has 178 valence electrons. The van der Waals surface area contributed by atoms with Gasteiger partial charge in [0.25, 0.3) is 5.95 Å². The molecule has 3 aromatic rings. The van der Waals surface area contributed by atoms with Crippen molar-refractivity contribution in [1.82, 2.24) is 15.0 Å². The number of anilines is 3. The molecule has 0 saturated carbocycles. The molecule has 1 aliphatic rings. The van der Waals surface area contributed by atoms with Gasteiger partial charge in [0.15, 0.2) is 11.6 Å². The first-order valence-corrected chi connectivity index (χ1v) is 10.4. The SMILES string of the molecule is CC1COCCN1c1nc(N=NCc2ccc(Nc3cccc(C(F)(F)F)c3)cn2)ncc1F. The number of halogens is 4. The minimum atomic E-state index is -4.42. The fourth-order valence-electron chi connectivity index (χ4n) is 3.34. The minimum absolute atomic E-state index is 0.0259. The Balaban J connectivity index is 1.38. The fraction of sp³-hybridized carbons (Fsp3) is 0.318. The molecule has 12 heteroatoms. The summed E-state index contributed by atoms with van der Waals surface area (Å²) in [7, 11) is 0. The Labute approximate surface area is 192 Å². The fourth-order valence-corrected chi connectivity index (χ4v) is 3.34. The number of hydrogen-bond acceptors (Lipinski definition) is 8. The molecule has 1 unspecified atom stereocenters. The van der Waals surface area contributed by atoms with Crippen LogP contribution in [0.4, 0.5) is 40.7 Å². The van der Waals surface area contributed by atoms with Crippen molar-refractivity contribution in [2.24, 2.45) is 10.2 Å². The molecule has 1 saturated heterocycles. The Kier molecular flexibility index (Phi) is 6.96. The van der Waals surface area contributed by atoms with Crippen molar-refractivity contribution < 1.29 is 22.3 Å². The third kappa shape index (κ3) is 5.81. The average molecular weight is 475 g/mol. The van der Waals surface area contributed by atoms with Crippen LogP contribution in [0.1, 0.15) is 18.2 Å². The first-order chi connectivity index (χ1) is 16.3. The highest BCUT2D eigenvalue weighted by molar-refractivity contribution is 5.59. The number of nitrogens with zero attached hydrogens (tertiary/aromatic N) is 6. The molecule has 1 N–H and O–H groups in total. The second-order valence-corrected chi connectivity index (χ2v) is 7.60. The molecule has 1 atom stereocenters. The number of rotatable bonds is 6. The van der Waals surface area contributed by atoms with Gasteiger partial charge in [0, 0.05) is 12.2 Å². The molecule has 8 nitrogen and oxygen atoms in total. The molecule has 1 fully saturated rings. The Hall–Kier alpha value is -3.67. The lowest BCUT2D eigenvalue weighted by Crippen LogP contribution is -2.44. The molecule has 1 aliphatic heterocycles. The number of morpholine rings is 1. The molecule has 0 spiro atoms. The maximum atomic E-state index is 14.2. The Morgan fingerprint density at radius 3 is 2.74 bits per heavy atom. The summed E-state index contributed by atoms with van der Waals surface area (Å²) in [5.74, 6) is -0.362. The summed E-state index contributed by atoms with van der Waals surface area (Å²) in [6, 6.07) is 8.20. The maximum absolute atomic E-state index is 14.2. The molecular formula is C22H21F4N7O. The van der Waals surface area contributed by atoms with Crippen LogP contribution in [0.25, 0.3) is 0 Å². The lowest BCUT2D eigenvalue weighted by atomic mass is 10.2. The number of alkyl halides is 3. The number of ether oxygens (including phenoxy) is 1. The number of benzene rings is 1. The number of nitrogens with one attached hydrogen (secondary N) is 1. The number of pyridine rings is 1. The standard InChI is InChI=1S/C22H21F4N7O/c1-14-13-34-8-7-33(14)20-19(23)12-28-21(31-20)32-29-11-17-5-6-18(10-27-17)30-16-4-2-3-15(9-16)22(24,25)26/h2-6,9-10,12,14,30H,7-8,11,13H2,1H3. The van der Waals surface area contributed by atoms with Gasteiger partial charge < -0.3 is 15.0 Å². The quantitative estimate of drug-likeness (QED) is 0.385. The van der Waals surface area contributed by atoms with Crippen molar-refractivity contribution in [3.63, 3.8) is 0 Å². The second-order valence-electron chi connectivity index (χ2n) is 7.60. The van der Waals surface area contributed by atoms with Crippen LogP contribution in [0.15, 0.2) is 59.0 Å². The zero-order valence-electron chi connectivity index (χ0n) is 18.1. The zero-order valence-corrected chi connectivity index (χ0v) is 18.1. The maximum Gasteiger partial charge on any atom is 0.416 e. The normalized spacial score (nSPS) is 16.7. The van der Waals surface area contributed by atoms with Crippen molar-refractivity contribution in [3.8, 4) is 0 Å². The van der Waals surface area contributed by atoms with Crippen LogP contribution >= 0.6 is 0 Å². The van der Waals surface area contributed by atoms with Gasteiger partial charge in [-0.3, -0.25) is 4.98 Å². The Bertz CT molecular complexity index is 1150. The van der Waals surface area contributed by atoms with E-state index in [0.717, 1.165) is 18.3 Å². The molecule has 34 heavy (non-hydrogen) atoms. The van der Waals surface area contributed by atoms with Gasteiger partial charge in [-0.1, -0.05) is 6.07 Å². The van der Waals surface area contributed by atoms with E-state index in [4.69, 9.17) is 4.74 Å². The highest BCUT2D eigenvalue weighted by Crippen LogP contribution is 2.31. The summed E-state index contributed by atoms with van der Waals surface area (Å²) in [6.45, 7) is 3.50. The summed E-state index contributed by atoms with van der Waals surface area (Å²) in [5.41, 5.74) is 0.647. The monoisotopic (exact) mass is 475 g/mol. The van der Waals surface area contributed by atoms with Crippen molar-refractivity contribution >= 4 is 23.1 Å². The van der Waals surface area contributed by atoms with Gasteiger partial charge in [-0.2, -0.15) is 23.3 Å². The minimum Gasteiger partial charge on any atom is -0.377 e. The molecular weight excluding hydrogens is 454 g/mol. The van der Waals surface area contributed by atoms with E-state index in [1.165, 1.54) is 18.3 Å². The smallest absolute Gasteiger partial charge is 0.377 e. The van der Waals surface area contributed by atoms with Crippen LogP contribution in [0, 0.1) is 5.82 Å². The van der Waals surface area contributed by atoms with Crippen LogP contribution in [0.3, 0.4) is 0 Å². The van der Waals surface area contributed by atoms with E-state index >= 15 is 0 Å². The molecule has 0 bridgehead atoms. The van der Waals surface area contributed by atoms with Crippen molar-refractivity contribution in [3.05, 3.63) is 65.9 Å². The number of azo groups is 1. The van der Waals surface area contributed by atoms with Crippen molar-refractivity contribution in [2.45, 2.75) is 25.7 Å². The van der Waals surface area contributed by atoms with E-state index in [1.54, 1.807) is 17.0 Å². The van der Waals surface area contributed by atoms with Crippen molar-refractivity contribution in [2.75, 3.05) is 30.0 Å².